The molecule has 0 radical (unpaired) electrons. The molecule has 0 bridgehead atoms. The molecule has 0 atom stereocenters. The first-order valence-corrected chi connectivity index (χ1v) is 11.3. The van der Waals surface area contributed by atoms with E-state index < -0.39 is 11.9 Å². The van der Waals surface area contributed by atoms with Gasteiger partial charge >= 0.3 is 5.97 Å². The summed E-state index contributed by atoms with van der Waals surface area (Å²) >= 11 is 0. The van der Waals surface area contributed by atoms with Crippen LogP contribution < -0.4 is 19.6 Å². The Kier molecular flexibility index (Phi) is 7.60. The first kappa shape index (κ1) is 24.5. The van der Waals surface area contributed by atoms with Crippen LogP contribution in [0.3, 0.4) is 0 Å². The van der Waals surface area contributed by atoms with Gasteiger partial charge in [-0.15, -0.1) is 0 Å². The van der Waals surface area contributed by atoms with Crippen molar-refractivity contribution in [2.24, 2.45) is 5.10 Å². The highest BCUT2D eigenvalue weighted by Crippen LogP contribution is 2.27. The van der Waals surface area contributed by atoms with Crippen molar-refractivity contribution in [2.75, 3.05) is 13.7 Å². The highest BCUT2D eigenvalue weighted by Gasteiger charge is 2.14. The maximum absolute atomic E-state index is 12.8. The average molecular weight is 483 g/mol. The molecule has 0 spiro atoms. The lowest BCUT2D eigenvalue weighted by Crippen LogP contribution is -2.24. The summed E-state index contributed by atoms with van der Waals surface area (Å²) in [5, 5.41) is 5.85. The molecule has 0 aliphatic rings. The summed E-state index contributed by atoms with van der Waals surface area (Å²) < 4.78 is 16.4. The first-order chi connectivity index (χ1) is 17.4. The van der Waals surface area contributed by atoms with E-state index in [-0.39, 0.29) is 6.61 Å². The number of methoxy groups -OCH3 is 1. The Morgan fingerprint density at radius 1 is 0.889 bits per heavy atom. The first-order valence-electron chi connectivity index (χ1n) is 11.3. The predicted molar refractivity (Wildman–Crippen MR) is 139 cm³/mol. The van der Waals surface area contributed by atoms with Gasteiger partial charge in [0.2, 0.25) is 0 Å². The van der Waals surface area contributed by atoms with Crippen molar-refractivity contribution in [2.45, 2.75) is 13.8 Å². The normalized spacial score (nSPS) is 10.9. The molecule has 0 fully saturated rings. The van der Waals surface area contributed by atoms with E-state index in [2.05, 4.69) is 10.5 Å². The van der Waals surface area contributed by atoms with E-state index in [1.165, 1.54) is 6.21 Å². The standard InChI is InChI=1S/C29H26N2O5/c1-19-8-12-24(16-20(19)2)35-18-28(32)31-30-17-26-25-7-5-4-6-21(25)11-15-27(26)36-29(33)22-9-13-23(34-3)14-10-22/h4-17H,18H2,1-3H3,(H,31,32). The number of esters is 1. The number of amides is 1. The van der Waals surface area contributed by atoms with Crippen LogP contribution in [0.15, 0.2) is 84.0 Å². The van der Waals surface area contributed by atoms with E-state index in [0.29, 0.717) is 28.4 Å². The van der Waals surface area contributed by atoms with E-state index in [4.69, 9.17) is 14.2 Å². The molecular weight excluding hydrogens is 456 g/mol. The van der Waals surface area contributed by atoms with Crippen molar-refractivity contribution in [1.82, 2.24) is 5.43 Å². The molecule has 7 heteroatoms. The average Bonchev–Trinajstić information content (AvgIpc) is 2.90. The van der Waals surface area contributed by atoms with Gasteiger partial charge in [0.05, 0.1) is 18.9 Å². The lowest BCUT2D eigenvalue weighted by molar-refractivity contribution is -0.123. The maximum Gasteiger partial charge on any atom is 0.343 e. The van der Waals surface area contributed by atoms with Gasteiger partial charge in [-0.25, -0.2) is 10.2 Å². The molecule has 182 valence electrons. The molecule has 4 aromatic rings. The van der Waals surface area contributed by atoms with Gasteiger partial charge in [0.25, 0.3) is 5.91 Å². The van der Waals surface area contributed by atoms with Gasteiger partial charge in [-0.1, -0.05) is 36.4 Å². The zero-order valence-corrected chi connectivity index (χ0v) is 20.3. The monoisotopic (exact) mass is 482 g/mol. The third-order valence-corrected chi connectivity index (χ3v) is 5.69. The van der Waals surface area contributed by atoms with Crippen molar-refractivity contribution in [3.63, 3.8) is 0 Å². The molecule has 0 aliphatic heterocycles. The van der Waals surface area contributed by atoms with Gasteiger partial charge in [0, 0.05) is 5.56 Å². The van der Waals surface area contributed by atoms with E-state index in [1.807, 2.05) is 62.4 Å². The van der Waals surface area contributed by atoms with Crippen LogP contribution in [0, 0.1) is 13.8 Å². The minimum absolute atomic E-state index is 0.186. The van der Waals surface area contributed by atoms with Crippen LogP contribution in [0.1, 0.15) is 27.0 Å². The van der Waals surface area contributed by atoms with Crippen molar-refractivity contribution >= 4 is 28.9 Å². The van der Waals surface area contributed by atoms with Gasteiger partial charge in [-0.3, -0.25) is 4.79 Å². The van der Waals surface area contributed by atoms with E-state index in [0.717, 1.165) is 21.9 Å². The predicted octanol–water partition coefficient (Wildman–Crippen LogP) is 5.21. The van der Waals surface area contributed by atoms with Crippen LogP contribution in [0.5, 0.6) is 17.2 Å². The Labute approximate surface area is 209 Å². The molecule has 1 amide bonds. The van der Waals surface area contributed by atoms with Gasteiger partial charge < -0.3 is 14.2 Å². The van der Waals surface area contributed by atoms with E-state index >= 15 is 0 Å². The van der Waals surface area contributed by atoms with E-state index in [1.54, 1.807) is 37.4 Å². The lowest BCUT2D eigenvalue weighted by Gasteiger charge is -2.11. The Balaban J connectivity index is 1.49. The molecule has 7 nitrogen and oxygen atoms in total. The summed E-state index contributed by atoms with van der Waals surface area (Å²) in [6.45, 7) is 3.81. The summed E-state index contributed by atoms with van der Waals surface area (Å²) in [7, 11) is 1.56. The lowest BCUT2D eigenvalue weighted by atomic mass is 10.0. The van der Waals surface area contributed by atoms with Gasteiger partial charge in [0.1, 0.15) is 17.2 Å². The molecule has 36 heavy (non-hydrogen) atoms. The summed E-state index contributed by atoms with van der Waals surface area (Å²) in [6, 6.07) is 23.5. The van der Waals surface area contributed by atoms with Crippen molar-refractivity contribution in [3.8, 4) is 17.2 Å². The number of hydrogen-bond donors (Lipinski definition) is 1. The topological polar surface area (TPSA) is 86.2 Å². The minimum atomic E-state index is -0.520. The Bertz CT molecular complexity index is 1430. The maximum atomic E-state index is 12.8. The number of nitrogens with zero attached hydrogens (tertiary/aromatic N) is 1. The number of aryl methyl sites for hydroxylation is 2. The summed E-state index contributed by atoms with van der Waals surface area (Å²) in [4.78, 5) is 25.0. The number of nitrogens with one attached hydrogen (secondary N) is 1. The molecule has 1 N–H and O–H groups in total. The quantitative estimate of drug-likeness (QED) is 0.161. The van der Waals surface area contributed by atoms with Crippen LogP contribution >= 0.6 is 0 Å². The van der Waals surface area contributed by atoms with Crippen molar-refractivity contribution < 1.29 is 23.8 Å². The number of benzene rings is 4. The third kappa shape index (κ3) is 5.88. The number of carbonyl (C=O) groups excluding carboxylic acids is 2. The number of ether oxygens (including phenoxy) is 3. The molecule has 0 aliphatic carbocycles. The van der Waals surface area contributed by atoms with Crippen LogP contribution in [0.2, 0.25) is 0 Å². The third-order valence-electron chi connectivity index (χ3n) is 5.69. The molecule has 0 saturated carbocycles. The van der Waals surface area contributed by atoms with Crippen molar-refractivity contribution in [1.29, 1.82) is 0 Å². The smallest absolute Gasteiger partial charge is 0.343 e. The second-order valence-electron chi connectivity index (χ2n) is 8.14. The summed E-state index contributed by atoms with van der Waals surface area (Å²) in [5.74, 6) is 0.634. The second-order valence-corrected chi connectivity index (χ2v) is 8.14. The fourth-order valence-electron chi connectivity index (χ4n) is 3.54. The van der Waals surface area contributed by atoms with Gasteiger partial charge in [-0.2, -0.15) is 5.10 Å². The summed E-state index contributed by atoms with van der Waals surface area (Å²) in [5.41, 5.74) is 5.64. The molecule has 0 unspecified atom stereocenters. The number of fused-ring (bicyclic) bond motifs is 1. The molecule has 0 heterocycles. The zero-order chi connectivity index (χ0) is 25.5. The molecule has 4 rings (SSSR count). The highest BCUT2D eigenvalue weighted by atomic mass is 16.5. The second kappa shape index (κ2) is 11.2. The number of rotatable bonds is 8. The zero-order valence-electron chi connectivity index (χ0n) is 20.3. The van der Waals surface area contributed by atoms with E-state index in [9.17, 15) is 9.59 Å². The minimum Gasteiger partial charge on any atom is -0.497 e. The number of carbonyl (C=O) groups is 2. The SMILES string of the molecule is COc1ccc(C(=O)Oc2ccc3ccccc3c2C=NNC(=O)COc2ccc(C)c(C)c2)cc1. The van der Waals surface area contributed by atoms with Crippen LogP contribution in [0.4, 0.5) is 0 Å². The van der Waals surface area contributed by atoms with Crippen molar-refractivity contribution in [3.05, 3.63) is 101 Å². The largest absolute Gasteiger partial charge is 0.497 e. The summed E-state index contributed by atoms with van der Waals surface area (Å²) in [6.07, 6.45) is 1.47. The molecule has 0 saturated heterocycles. The Morgan fingerprint density at radius 3 is 2.39 bits per heavy atom. The molecular formula is C29H26N2O5. The van der Waals surface area contributed by atoms with Crippen LogP contribution in [0.25, 0.3) is 10.8 Å². The number of hydrazone groups is 1. The van der Waals surface area contributed by atoms with Crippen LogP contribution in [-0.4, -0.2) is 31.8 Å². The fourth-order valence-corrected chi connectivity index (χ4v) is 3.54. The fraction of sp³-hybridized carbons (Fsp3) is 0.138. The Morgan fingerprint density at radius 2 is 1.64 bits per heavy atom. The highest BCUT2D eigenvalue weighted by molar-refractivity contribution is 6.04. The van der Waals surface area contributed by atoms with Gasteiger partial charge in [-0.05, 0) is 78.2 Å². The Hall–Kier alpha value is -4.65. The molecule has 0 aromatic heterocycles. The number of hydrogen-bond acceptors (Lipinski definition) is 6. The van der Waals surface area contributed by atoms with Crippen LogP contribution in [-0.2, 0) is 4.79 Å². The molecule has 4 aromatic carbocycles. The van der Waals surface area contributed by atoms with Gasteiger partial charge in [0.15, 0.2) is 6.61 Å².